The molecule has 0 saturated carbocycles. The standard InChI is InChI=1S/C21H15ClN4O4/c22-18-11-6-14(12-19(18)26(29)30)13-23-25-21(28)16-7-9-17(10-8-16)24-20(27)15-4-2-1-3-5-15/h1-13H,(H,24,27)(H,25,28). The number of nitrogens with one attached hydrogen (secondary N) is 2. The van der Waals surface area contributed by atoms with Gasteiger partial charge >= 0.3 is 0 Å². The van der Waals surface area contributed by atoms with Crippen molar-refractivity contribution >= 4 is 41.0 Å². The van der Waals surface area contributed by atoms with Gasteiger partial charge in [0.15, 0.2) is 0 Å². The highest BCUT2D eigenvalue weighted by Gasteiger charge is 2.12. The third-order valence-electron chi connectivity index (χ3n) is 3.99. The molecule has 3 rings (SSSR count). The van der Waals surface area contributed by atoms with Crippen molar-refractivity contribution in [3.05, 3.63) is 105 Å². The van der Waals surface area contributed by atoms with Gasteiger partial charge in [0.2, 0.25) is 0 Å². The number of rotatable bonds is 6. The predicted octanol–water partition coefficient (Wildman–Crippen LogP) is 4.26. The second-order valence-electron chi connectivity index (χ2n) is 6.06. The van der Waals surface area contributed by atoms with Crippen LogP contribution in [0.3, 0.4) is 0 Å². The van der Waals surface area contributed by atoms with Gasteiger partial charge in [-0.05, 0) is 42.5 Å². The Kier molecular flexibility index (Phi) is 6.51. The van der Waals surface area contributed by atoms with E-state index in [1.807, 2.05) is 6.07 Å². The Morgan fingerprint density at radius 2 is 1.60 bits per heavy atom. The second kappa shape index (κ2) is 9.44. The number of nitrogens with zero attached hydrogens (tertiary/aromatic N) is 2. The van der Waals surface area contributed by atoms with Crippen LogP contribution in [0.25, 0.3) is 0 Å². The Bertz CT molecular complexity index is 1120. The maximum absolute atomic E-state index is 12.2. The molecular weight excluding hydrogens is 408 g/mol. The Balaban J connectivity index is 1.60. The average molecular weight is 423 g/mol. The summed E-state index contributed by atoms with van der Waals surface area (Å²) in [7, 11) is 0. The van der Waals surface area contributed by atoms with Crippen LogP contribution in [-0.2, 0) is 0 Å². The highest BCUT2D eigenvalue weighted by molar-refractivity contribution is 6.32. The van der Waals surface area contributed by atoms with Gasteiger partial charge in [0.05, 0.1) is 11.1 Å². The van der Waals surface area contributed by atoms with Gasteiger partial charge in [-0.3, -0.25) is 19.7 Å². The number of halogens is 1. The summed E-state index contributed by atoms with van der Waals surface area (Å²) < 4.78 is 0. The van der Waals surface area contributed by atoms with Crippen LogP contribution in [0.5, 0.6) is 0 Å². The third-order valence-corrected chi connectivity index (χ3v) is 4.31. The first-order valence-corrected chi connectivity index (χ1v) is 9.05. The van der Waals surface area contributed by atoms with E-state index in [9.17, 15) is 19.7 Å². The number of anilines is 1. The van der Waals surface area contributed by atoms with Crippen LogP contribution in [0.4, 0.5) is 11.4 Å². The molecule has 0 aliphatic rings. The van der Waals surface area contributed by atoms with Gasteiger partial charge in [0.25, 0.3) is 17.5 Å². The number of nitro benzene ring substituents is 1. The van der Waals surface area contributed by atoms with Crippen LogP contribution < -0.4 is 10.7 Å². The number of hydrogen-bond acceptors (Lipinski definition) is 5. The van der Waals surface area contributed by atoms with Gasteiger partial charge in [-0.15, -0.1) is 0 Å². The van der Waals surface area contributed by atoms with E-state index in [0.29, 0.717) is 22.4 Å². The van der Waals surface area contributed by atoms with E-state index in [-0.39, 0.29) is 16.6 Å². The van der Waals surface area contributed by atoms with Gasteiger partial charge in [0, 0.05) is 28.4 Å². The smallest absolute Gasteiger partial charge is 0.288 e. The van der Waals surface area contributed by atoms with Crippen molar-refractivity contribution in [3.8, 4) is 0 Å². The van der Waals surface area contributed by atoms with Gasteiger partial charge in [-0.2, -0.15) is 5.10 Å². The van der Waals surface area contributed by atoms with Crippen LogP contribution in [0.1, 0.15) is 26.3 Å². The first kappa shape index (κ1) is 20.7. The van der Waals surface area contributed by atoms with E-state index in [4.69, 9.17) is 11.6 Å². The Hall–Kier alpha value is -4.04. The fraction of sp³-hybridized carbons (Fsp3) is 0. The SMILES string of the molecule is O=C(NN=Cc1ccc(Cl)c([N+](=O)[O-])c1)c1ccc(NC(=O)c2ccccc2)cc1. The summed E-state index contributed by atoms with van der Waals surface area (Å²) in [5, 5.41) is 17.5. The zero-order chi connectivity index (χ0) is 21.5. The number of nitro groups is 1. The van der Waals surface area contributed by atoms with Crippen molar-refractivity contribution in [2.75, 3.05) is 5.32 Å². The van der Waals surface area contributed by atoms with Crippen molar-refractivity contribution in [1.82, 2.24) is 5.43 Å². The number of benzene rings is 3. The Labute approximate surface area is 176 Å². The Morgan fingerprint density at radius 1 is 0.933 bits per heavy atom. The van der Waals surface area contributed by atoms with E-state index in [1.165, 1.54) is 24.4 Å². The van der Waals surface area contributed by atoms with Gasteiger partial charge < -0.3 is 5.32 Å². The third kappa shape index (κ3) is 5.27. The molecule has 3 aromatic carbocycles. The molecule has 2 N–H and O–H groups in total. The molecule has 0 saturated heterocycles. The number of hydrogen-bond donors (Lipinski definition) is 2. The molecule has 0 unspecified atom stereocenters. The summed E-state index contributed by atoms with van der Waals surface area (Å²) in [6.45, 7) is 0. The highest BCUT2D eigenvalue weighted by atomic mass is 35.5. The fourth-order valence-electron chi connectivity index (χ4n) is 2.48. The normalized spacial score (nSPS) is 10.6. The molecule has 9 heteroatoms. The summed E-state index contributed by atoms with van der Waals surface area (Å²) in [4.78, 5) is 34.6. The zero-order valence-electron chi connectivity index (χ0n) is 15.4. The highest BCUT2D eigenvalue weighted by Crippen LogP contribution is 2.24. The van der Waals surface area contributed by atoms with Crippen LogP contribution in [0.15, 0.2) is 77.9 Å². The van der Waals surface area contributed by atoms with Crippen LogP contribution >= 0.6 is 11.6 Å². The molecule has 0 heterocycles. The van der Waals surface area contributed by atoms with Crippen molar-refractivity contribution in [2.45, 2.75) is 0 Å². The maximum Gasteiger partial charge on any atom is 0.288 e. The largest absolute Gasteiger partial charge is 0.322 e. The average Bonchev–Trinajstić information content (AvgIpc) is 2.75. The van der Waals surface area contributed by atoms with Gasteiger partial charge in [-0.25, -0.2) is 5.43 Å². The summed E-state index contributed by atoms with van der Waals surface area (Å²) in [6, 6.07) is 19.2. The predicted molar refractivity (Wildman–Crippen MR) is 114 cm³/mol. The first-order valence-electron chi connectivity index (χ1n) is 8.68. The van der Waals surface area contributed by atoms with Crippen LogP contribution in [-0.4, -0.2) is 23.0 Å². The fourth-order valence-corrected chi connectivity index (χ4v) is 2.66. The molecule has 2 amide bonds. The van der Waals surface area contributed by atoms with Crippen molar-refractivity contribution in [3.63, 3.8) is 0 Å². The van der Waals surface area contributed by atoms with Crippen molar-refractivity contribution in [1.29, 1.82) is 0 Å². The minimum Gasteiger partial charge on any atom is -0.322 e. The number of hydrazone groups is 1. The monoisotopic (exact) mass is 422 g/mol. The first-order chi connectivity index (χ1) is 14.4. The summed E-state index contributed by atoms with van der Waals surface area (Å²) in [6.07, 6.45) is 1.27. The summed E-state index contributed by atoms with van der Waals surface area (Å²) in [5.41, 5.74) is 3.88. The molecule has 0 radical (unpaired) electrons. The summed E-state index contributed by atoms with van der Waals surface area (Å²) in [5.74, 6) is -0.731. The number of carbonyl (C=O) groups excluding carboxylic acids is 2. The zero-order valence-corrected chi connectivity index (χ0v) is 16.2. The second-order valence-corrected chi connectivity index (χ2v) is 6.47. The molecule has 30 heavy (non-hydrogen) atoms. The minimum atomic E-state index is -0.601. The van der Waals surface area contributed by atoms with Crippen LogP contribution in [0.2, 0.25) is 5.02 Å². The lowest BCUT2D eigenvalue weighted by atomic mass is 10.1. The van der Waals surface area contributed by atoms with Crippen molar-refractivity contribution < 1.29 is 14.5 Å². The van der Waals surface area contributed by atoms with Crippen LogP contribution in [0, 0.1) is 10.1 Å². The van der Waals surface area contributed by atoms with Gasteiger partial charge in [-0.1, -0.05) is 35.9 Å². The molecule has 0 aliphatic carbocycles. The quantitative estimate of drug-likeness (QED) is 0.351. The van der Waals surface area contributed by atoms with E-state index >= 15 is 0 Å². The van der Waals surface area contributed by atoms with E-state index in [1.54, 1.807) is 48.5 Å². The maximum atomic E-state index is 12.2. The van der Waals surface area contributed by atoms with E-state index in [0.717, 1.165) is 0 Å². The molecule has 8 nitrogen and oxygen atoms in total. The topological polar surface area (TPSA) is 114 Å². The van der Waals surface area contributed by atoms with E-state index in [2.05, 4.69) is 15.8 Å². The molecule has 0 atom stereocenters. The number of carbonyl (C=O) groups is 2. The molecule has 150 valence electrons. The lowest BCUT2D eigenvalue weighted by molar-refractivity contribution is -0.384. The van der Waals surface area contributed by atoms with Gasteiger partial charge in [0.1, 0.15) is 5.02 Å². The molecule has 0 aromatic heterocycles. The molecule has 0 bridgehead atoms. The molecular formula is C21H15ClN4O4. The van der Waals surface area contributed by atoms with Crippen molar-refractivity contribution in [2.24, 2.45) is 5.10 Å². The molecule has 0 fully saturated rings. The molecule has 3 aromatic rings. The molecule has 0 aliphatic heterocycles. The number of amides is 2. The molecule has 0 spiro atoms. The lowest BCUT2D eigenvalue weighted by Gasteiger charge is -2.06. The lowest BCUT2D eigenvalue weighted by Crippen LogP contribution is -2.17. The summed E-state index contributed by atoms with van der Waals surface area (Å²) >= 11 is 5.75. The Morgan fingerprint density at radius 3 is 2.27 bits per heavy atom. The minimum absolute atomic E-state index is 0.0145. The van der Waals surface area contributed by atoms with E-state index < -0.39 is 10.8 Å².